The summed E-state index contributed by atoms with van der Waals surface area (Å²) in [6.07, 6.45) is 1.93. The van der Waals surface area contributed by atoms with Crippen LogP contribution in [0.25, 0.3) is 0 Å². The number of carbonyl (C=O) groups excluding carboxylic acids is 1. The Morgan fingerprint density at radius 2 is 2.33 bits per heavy atom. The molecule has 2 atom stereocenters. The van der Waals surface area contributed by atoms with Gasteiger partial charge in [0.15, 0.2) is 0 Å². The van der Waals surface area contributed by atoms with Crippen LogP contribution >= 0.6 is 23.5 Å². The molecule has 2 heterocycles. The fourth-order valence-corrected chi connectivity index (χ4v) is 4.72. The number of amides is 1. The monoisotopic (exact) mass is 246 g/mol. The molecule has 2 aliphatic rings. The molecule has 2 saturated heterocycles. The maximum absolute atomic E-state index is 11.8. The molecule has 2 unspecified atom stereocenters. The van der Waals surface area contributed by atoms with Gasteiger partial charge in [0.25, 0.3) is 0 Å². The second-order valence-corrected chi connectivity index (χ2v) is 6.66. The van der Waals surface area contributed by atoms with E-state index in [1.807, 2.05) is 28.4 Å². The van der Waals surface area contributed by atoms with Gasteiger partial charge in [-0.25, -0.2) is 0 Å². The van der Waals surface area contributed by atoms with Gasteiger partial charge in [0.05, 0.1) is 6.04 Å². The van der Waals surface area contributed by atoms with E-state index in [0.717, 1.165) is 25.9 Å². The van der Waals surface area contributed by atoms with Crippen LogP contribution in [0.3, 0.4) is 0 Å². The van der Waals surface area contributed by atoms with Gasteiger partial charge in [-0.1, -0.05) is 0 Å². The average molecular weight is 246 g/mol. The molecule has 0 aromatic carbocycles. The molecular weight excluding hydrogens is 228 g/mol. The highest BCUT2D eigenvalue weighted by molar-refractivity contribution is 8.06. The fourth-order valence-electron chi connectivity index (χ4n) is 2.04. The van der Waals surface area contributed by atoms with Crippen molar-refractivity contribution in [1.82, 2.24) is 4.90 Å². The molecule has 0 radical (unpaired) electrons. The fraction of sp³-hybridized carbons (Fsp3) is 0.900. The normalized spacial score (nSPS) is 33.1. The Balaban J connectivity index is 1.84. The molecule has 0 aliphatic carbocycles. The summed E-state index contributed by atoms with van der Waals surface area (Å²) in [6, 6.07) is -0.236. The van der Waals surface area contributed by atoms with Crippen LogP contribution in [0.2, 0.25) is 0 Å². The summed E-state index contributed by atoms with van der Waals surface area (Å²) < 4.78 is 0. The molecule has 86 valence electrons. The summed E-state index contributed by atoms with van der Waals surface area (Å²) in [7, 11) is 0. The van der Waals surface area contributed by atoms with Crippen LogP contribution in [0.4, 0.5) is 0 Å². The van der Waals surface area contributed by atoms with Crippen LogP contribution in [0, 0.1) is 0 Å². The first-order chi connectivity index (χ1) is 7.27. The van der Waals surface area contributed by atoms with E-state index in [1.54, 1.807) is 0 Å². The van der Waals surface area contributed by atoms with Crippen LogP contribution in [0.5, 0.6) is 0 Å². The Hall–Kier alpha value is 0.130. The van der Waals surface area contributed by atoms with Crippen molar-refractivity contribution in [2.45, 2.75) is 24.1 Å². The van der Waals surface area contributed by atoms with Gasteiger partial charge in [-0.3, -0.25) is 4.79 Å². The molecule has 0 aromatic heterocycles. The van der Waals surface area contributed by atoms with Crippen molar-refractivity contribution < 1.29 is 4.79 Å². The standard InChI is InChI=1S/C10H18N2OS2/c11-9-2-1-3-12(10(9)13)6-8-7-14-4-5-15-8/h8-9H,1-7,11H2. The number of thioether (sulfide) groups is 2. The van der Waals surface area contributed by atoms with Gasteiger partial charge in [-0.2, -0.15) is 23.5 Å². The van der Waals surface area contributed by atoms with E-state index in [0.29, 0.717) is 5.25 Å². The van der Waals surface area contributed by atoms with Gasteiger partial charge in [-0.15, -0.1) is 0 Å². The number of hydrogen-bond donors (Lipinski definition) is 1. The predicted molar refractivity (Wildman–Crippen MR) is 67.4 cm³/mol. The molecule has 0 bridgehead atoms. The summed E-state index contributed by atoms with van der Waals surface area (Å²) in [5.41, 5.74) is 5.77. The average Bonchev–Trinajstić information content (AvgIpc) is 2.26. The molecule has 5 heteroatoms. The van der Waals surface area contributed by atoms with Crippen LogP contribution < -0.4 is 5.73 Å². The summed E-state index contributed by atoms with van der Waals surface area (Å²) in [6.45, 7) is 1.82. The Morgan fingerprint density at radius 3 is 3.07 bits per heavy atom. The minimum absolute atomic E-state index is 0.164. The summed E-state index contributed by atoms with van der Waals surface area (Å²) in [4.78, 5) is 13.8. The molecule has 2 N–H and O–H groups in total. The molecule has 15 heavy (non-hydrogen) atoms. The van der Waals surface area contributed by atoms with Crippen molar-refractivity contribution in [3.8, 4) is 0 Å². The first-order valence-corrected chi connectivity index (χ1v) is 7.71. The van der Waals surface area contributed by atoms with Gasteiger partial charge >= 0.3 is 0 Å². The van der Waals surface area contributed by atoms with E-state index in [-0.39, 0.29) is 11.9 Å². The number of piperidine rings is 1. The van der Waals surface area contributed by atoms with Crippen LogP contribution in [0.1, 0.15) is 12.8 Å². The minimum atomic E-state index is -0.236. The minimum Gasteiger partial charge on any atom is -0.340 e. The zero-order valence-electron chi connectivity index (χ0n) is 8.85. The lowest BCUT2D eigenvalue weighted by Gasteiger charge is -2.34. The zero-order valence-corrected chi connectivity index (χ0v) is 10.5. The highest BCUT2D eigenvalue weighted by atomic mass is 32.2. The van der Waals surface area contributed by atoms with Crippen LogP contribution in [-0.4, -0.2) is 52.4 Å². The SMILES string of the molecule is NC1CCCN(CC2CSCCS2)C1=O. The van der Waals surface area contributed by atoms with Gasteiger partial charge in [-0.05, 0) is 12.8 Å². The topological polar surface area (TPSA) is 46.3 Å². The van der Waals surface area contributed by atoms with E-state index in [1.165, 1.54) is 17.3 Å². The van der Waals surface area contributed by atoms with Gasteiger partial charge in [0.2, 0.25) is 5.91 Å². The van der Waals surface area contributed by atoms with Gasteiger partial charge in [0.1, 0.15) is 0 Å². The van der Waals surface area contributed by atoms with Crippen molar-refractivity contribution >= 4 is 29.4 Å². The van der Waals surface area contributed by atoms with Crippen molar-refractivity contribution in [2.75, 3.05) is 30.3 Å². The number of nitrogens with zero attached hydrogens (tertiary/aromatic N) is 1. The second kappa shape index (κ2) is 5.46. The first-order valence-electron chi connectivity index (χ1n) is 5.51. The summed E-state index contributed by atoms with van der Waals surface area (Å²) >= 11 is 4.01. The van der Waals surface area contributed by atoms with Crippen molar-refractivity contribution in [1.29, 1.82) is 0 Å². The molecule has 2 rings (SSSR count). The largest absolute Gasteiger partial charge is 0.340 e. The van der Waals surface area contributed by atoms with E-state index in [4.69, 9.17) is 5.73 Å². The third kappa shape index (κ3) is 3.04. The molecule has 1 amide bonds. The Bertz CT molecular complexity index is 231. The highest BCUT2D eigenvalue weighted by Crippen LogP contribution is 2.25. The number of likely N-dealkylation sites (tertiary alicyclic amines) is 1. The molecule has 3 nitrogen and oxygen atoms in total. The molecule has 0 aromatic rings. The molecule has 2 aliphatic heterocycles. The Labute approximate surface area is 99.5 Å². The van der Waals surface area contributed by atoms with E-state index >= 15 is 0 Å². The number of carbonyl (C=O) groups is 1. The van der Waals surface area contributed by atoms with Crippen molar-refractivity contribution in [2.24, 2.45) is 5.73 Å². The summed E-state index contributed by atoms with van der Waals surface area (Å²) in [5.74, 6) is 3.83. The smallest absolute Gasteiger partial charge is 0.239 e. The lowest BCUT2D eigenvalue weighted by Crippen LogP contribution is -2.50. The van der Waals surface area contributed by atoms with Crippen molar-refractivity contribution in [3.05, 3.63) is 0 Å². The molecule has 0 saturated carbocycles. The van der Waals surface area contributed by atoms with Gasteiger partial charge in [0, 0.05) is 35.6 Å². The third-order valence-corrected chi connectivity index (χ3v) is 5.71. The number of hydrogen-bond acceptors (Lipinski definition) is 4. The zero-order chi connectivity index (χ0) is 10.7. The lowest BCUT2D eigenvalue weighted by molar-refractivity contribution is -0.134. The van der Waals surface area contributed by atoms with E-state index in [9.17, 15) is 4.79 Å². The summed E-state index contributed by atoms with van der Waals surface area (Å²) in [5, 5.41) is 0.623. The third-order valence-electron chi connectivity index (χ3n) is 2.88. The Kier molecular flexibility index (Phi) is 4.22. The maximum Gasteiger partial charge on any atom is 0.239 e. The van der Waals surface area contributed by atoms with Crippen LogP contribution in [0.15, 0.2) is 0 Å². The maximum atomic E-state index is 11.8. The van der Waals surface area contributed by atoms with E-state index in [2.05, 4.69) is 0 Å². The molecular formula is C10H18N2OS2. The quantitative estimate of drug-likeness (QED) is 0.782. The van der Waals surface area contributed by atoms with Gasteiger partial charge < -0.3 is 10.6 Å². The van der Waals surface area contributed by atoms with Crippen molar-refractivity contribution in [3.63, 3.8) is 0 Å². The molecule has 2 fully saturated rings. The number of nitrogens with two attached hydrogens (primary N) is 1. The Morgan fingerprint density at radius 1 is 1.47 bits per heavy atom. The van der Waals surface area contributed by atoms with E-state index < -0.39 is 0 Å². The highest BCUT2D eigenvalue weighted by Gasteiger charge is 2.28. The van der Waals surface area contributed by atoms with Crippen LogP contribution in [-0.2, 0) is 4.79 Å². The second-order valence-electron chi connectivity index (χ2n) is 4.10. The number of rotatable bonds is 2. The lowest BCUT2D eigenvalue weighted by atomic mass is 10.1. The predicted octanol–water partition coefficient (Wildman–Crippen LogP) is 0.785. The molecule has 0 spiro atoms. The first kappa shape index (κ1) is 11.6.